The number of aromatic nitrogens is 1. The summed E-state index contributed by atoms with van der Waals surface area (Å²) in [6.07, 6.45) is 1.57. The minimum absolute atomic E-state index is 0.142. The van der Waals surface area contributed by atoms with Gasteiger partial charge >= 0.3 is 5.97 Å². The summed E-state index contributed by atoms with van der Waals surface area (Å²) in [6.45, 7) is 7.49. The normalized spacial score (nSPS) is 14.5. The summed E-state index contributed by atoms with van der Waals surface area (Å²) >= 11 is 1.32. The number of cyclic esters (lactones) is 1. The molecule has 2 heterocycles. The van der Waals surface area contributed by atoms with Gasteiger partial charge in [0.1, 0.15) is 0 Å². The lowest BCUT2D eigenvalue weighted by atomic mass is 10.1. The number of thiazole rings is 1. The average Bonchev–Trinajstić information content (AvgIpc) is 3.32. The van der Waals surface area contributed by atoms with E-state index < -0.39 is 5.97 Å². The molecule has 1 aliphatic rings. The molecule has 1 aromatic heterocycles. The van der Waals surface area contributed by atoms with E-state index in [1.807, 2.05) is 63.2 Å². The molecule has 2 aromatic carbocycles. The summed E-state index contributed by atoms with van der Waals surface area (Å²) in [5, 5.41) is 2.31. The molecular weight excluding hydrogens is 410 g/mol. The van der Waals surface area contributed by atoms with Crippen molar-refractivity contribution in [3.63, 3.8) is 0 Å². The van der Waals surface area contributed by atoms with Crippen LogP contribution in [0.1, 0.15) is 34.9 Å². The largest absolute Gasteiger partial charge is 0.402 e. The van der Waals surface area contributed by atoms with Gasteiger partial charge in [0.25, 0.3) is 0 Å². The molecule has 3 aromatic rings. The fraction of sp³-hybridized carbons (Fsp3) is 0.167. The van der Waals surface area contributed by atoms with Crippen molar-refractivity contribution in [3.8, 4) is 0 Å². The smallest absolute Gasteiger partial charge is 0.363 e. The van der Waals surface area contributed by atoms with Gasteiger partial charge in [-0.3, -0.25) is 9.69 Å². The summed E-state index contributed by atoms with van der Waals surface area (Å²) in [4.78, 5) is 35.1. The Balaban J connectivity index is 1.64. The number of anilines is 2. The van der Waals surface area contributed by atoms with Crippen molar-refractivity contribution in [2.45, 2.75) is 27.7 Å². The monoisotopic (exact) mass is 431 g/mol. The Labute approximate surface area is 184 Å². The molecule has 0 unspecified atom stereocenters. The molecular formula is C24H21N3O3S. The van der Waals surface area contributed by atoms with Gasteiger partial charge in [-0.2, -0.15) is 0 Å². The van der Waals surface area contributed by atoms with Crippen molar-refractivity contribution < 1.29 is 14.3 Å². The van der Waals surface area contributed by atoms with Crippen LogP contribution < -0.4 is 4.90 Å². The minimum Gasteiger partial charge on any atom is -0.402 e. The standard InChI is InChI=1S/C24H21N3O3S/c1-14-6-5-7-18(10-14)22-26-21(23(29)30-22)12-19-13-31-24(25-19)27(17(4)28)20-9-8-15(2)16(3)11-20/h5-13H,1-4H3/b21-12+. The summed E-state index contributed by atoms with van der Waals surface area (Å²) in [6, 6.07) is 13.4. The fourth-order valence-corrected chi connectivity index (χ4v) is 4.03. The highest BCUT2D eigenvalue weighted by atomic mass is 32.1. The maximum absolute atomic E-state index is 12.4. The van der Waals surface area contributed by atoms with Crippen LogP contribution in [0.4, 0.5) is 10.8 Å². The number of nitrogens with zero attached hydrogens (tertiary/aromatic N) is 3. The number of aliphatic imine (C=N–C) groups is 1. The fourth-order valence-electron chi connectivity index (χ4n) is 3.19. The van der Waals surface area contributed by atoms with Gasteiger partial charge in [-0.25, -0.2) is 14.8 Å². The second-order valence-electron chi connectivity index (χ2n) is 7.38. The molecule has 7 heteroatoms. The lowest BCUT2D eigenvalue weighted by molar-refractivity contribution is -0.130. The van der Waals surface area contributed by atoms with Crippen molar-refractivity contribution >= 4 is 46.0 Å². The van der Waals surface area contributed by atoms with E-state index in [4.69, 9.17) is 4.74 Å². The van der Waals surface area contributed by atoms with E-state index in [1.54, 1.807) is 16.4 Å². The number of amides is 1. The number of carbonyl (C=O) groups is 2. The predicted octanol–water partition coefficient (Wildman–Crippen LogP) is 5.10. The molecule has 0 aliphatic carbocycles. The second kappa shape index (κ2) is 8.28. The van der Waals surface area contributed by atoms with Crippen LogP contribution in [-0.4, -0.2) is 22.8 Å². The van der Waals surface area contributed by atoms with Gasteiger partial charge in [0.15, 0.2) is 10.8 Å². The third kappa shape index (κ3) is 4.32. The van der Waals surface area contributed by atoms with Crippen LogP contribution in [0.5, 0.6) is 0 Å². The first-order chi connectivity index (χ1) is 14.8. The average molecular weight is 432 g/mol. The number of aryl methyl sites for hydroxylation is 3. The first kappa shape index (κ1) is 20.7. The van der Waals surface area contributed by atoms with E-state index in [-0.39, 0.29) is 17.5 Å². The zero-order chi connectivity index (χ0) is 22.1. The molecule has 156 valence electrons. The van der Waals surface area contributed by atoms with Gasteiger partial charge in [-0.05, 0) is 62.2 Å². The lowest BCUT2D eigenvalue weighted by Crippen LogP contribution is -2.22. The van der Waals surface area contributed by atoms with Crippen LogP contribution in [0, 0.1) is 20.8 Å². The first-order valence-corrected chi connectivity index (χ1v) is 10.6. The van der Waals surface area contributed by atoms with Gasteiger partial charge in [-0.15, -0.1) is 11.3 Å². The second-order valence-corrected chi connectivity index (χ2v) is 8.22. The summed E-state index contributed by atoms with van der Waals surface area (Å²) in [7, 11) is 0. The van der Waals surface area contributed by atoms with Crippen molar-refractivity contribution in [1.29, 1.82) is 0 Å². The highest BCUT2D eigenvalue weighted by molar-refractivity contribution is 7.14. The number of esters is 1. The van der Waals surface area contributed by atoms with Gasteiger partial charge in [0, 0.05) is 17.9 Å². The molecule has 0 atom stereocenters. The number of carbonyl (C=O) groups excluding carboxylic acids is 2. The first-order valence-electron chi connectivity index (χ1n) is 9.75. The third-order valence-electron chi connectivity index (χ3n) is 4.93. The van der Waals surface area contributed by atoms with Crippen LogP contribution in [-0.2, 0) is 14.3 Å². The molecule has 31 heavy (non-hydrogen) atoms. The zero-order valence-electron chi connectivity index (χ0n) is 17.7. The summed E-state index contributed by atoms with van der Waals surface area (Å²) in [5.41, 5.74) is 5.50. The Morgan fingerprint density at radius 1 is 1.10 bits per heavy atom. The molecule has 0 radical (unpaired) electrons. The number of hydrogen-bond acceptors (Lipinski definition) is 6. The predicted molar refractivity (Wildman–Crippen MR) is 123 cm³/mol. The maximum Gasteiger partial charge on any atom is 0.363 e. The van der Waals surface area contributed by atoms with Gasteiger partial charge < -0.3 is 4.74 Å². The Morgan fingerprint density at radius 2 is 1.90 bits per heavy atom. The molecule has 4 rings (SSSR count). The Bertz CT molecular complexity index is 1260. The van der Waals surface area contributed by atoms with Crippen LogP contribution in [0.2, 0.25) is 0 Å². The van der Waals surface area contributed by atoms with E-state index in [2.05, 4.69) is 9.98 Å². The number of hydrogen-bond donors (Lipinski definition) is 0. The SMILES string of the molecule is CC(=O)N(c1ccc(C)c(C)c1)c1nc(/C=C2/N=C(c3cccc(C)c3)OC2=O)cs1. The van der Waals surface area contributed by atoms with Crippen molar-refractivity contribution in [3.05, 3.63) is 81.5 Å². The molecule has 6 nitrogen and oxygen atoms in total. The van der Waals surface area contributed by atoms with E-state index in [9.17, 15) is 9.59 Å². The zero-order valence-corrected chi connectivity index (χ0v) is 18.5. The third-order valence-corrected chi connectivity index (χ3v) is 5.78. The topological polar surface area (TPSA) is 71.9 Å². The Morgan fingerprint density at radius 3 is 2.61 bits per heavy atom. The molecule has 0 bridgehead atoms. The van der Waals surface area contributed by atoms with Crippen molar-refractivity contribution in [2.75, 3.05) is 4.90 Å². The van der Waals surface area contributed by atoms with Crippen LogP contribution in [0.25, 0.3) is 6.08 Å². The number of ether oxygens (including phenoxy) is 1. The molecule has 0 saturated carbocycles. The number of benzene rings is 2. The highest BCUT2D eigenvalue weighted by Crippen LogP contribution is 2.31. The van der Waals surface area contributed by atoms with Gasteiger partial charge in [-0.1, -0.05) is 23.8 Å². The van der Waals surface area contributed by atoms with Crippen LogP contribution >= 0.6 is 11.3 Å². The number of rotatable bonds is 4. The van der Waals surface area contributed by atoms with E-state index in [0.29, 0.717) is 10.8 Å². The van der Waals surface area contributed by atoms with Crippen molar-refractivity contribution in [2.24, 2.45) is 4.99 Å². The molecule has 0 fully saturated rings. The molecule has 1 amide bonds. The quantitative estimate of drug-likeness (QED) is 0.426. The lowest BCUT2D eigenvalue weighted by Gasteiger charge is -2.19. The van der Waals surface area contributed by atoms with Crippen LogP contribution in [0.15, 0.2) is 58.5 Å². The molecule has 0 spiro atoms. The van der Waals surface area contributed by atoms with Crippen LogP contribution in [0.3, 0.4) is 0 Å². The maximum atomic E-state index is 12.4. The van der Waals surface area contributed by atoms with E-state index in [1.165, 1.54) is 18.3 Å². The Hall–Kier alpha value is -3.58. The highest BCUT2D eigenvalue weighted by Gasteiger charge is 2.25. The van der Waals surface area contributed by atoms with Gasteiger partial charge in [0.2, 0.25) is 11.8 Å². The Kier molecular flexibility index (Phi) is 5.52. The van der Waals surface area contributed by atoms with Crippen molar-refractivity contribution in [1.82, 2.24) is 4.98 Å². The van der Waals surface area contributed by atoms with E-state index in [0.717, 1.165) is 27.9 Å². The van der Waals surface area contributed by atoms with E-state index >= 15 is 0 Å². The molecule has 1 aliphatic heterocycles. The minimum atomic E-state index is -0.524. The summed E-state index contributed by atoms with van der Waals surface area (Å²) < 4.78 is 5.33. The van der Waals surface area contributed by atoms with Gasteiger partial charge in [0.05, 0.1) is 11.4 Å². The summed E-state index contributed by atoms with van der Waals surface area (Å²) in [5.74, 6) is -0.392. The molecule has 0 saturated heterocycles. The molecule has 0 N–H and O–H groups in total.